The molecule has 3 heteroatoms. The molecule has 0 amide bonds. The van der Waals surface area contributed by atoms with Gasteiger partial charge in [-0.15, -0.1) is 0 Å². The molecule has 156 valence electrons. The summed E-state index contributed by atoms with van der Waals surface area (Å²) in [7, 11) is 0. The van der Waals surface area contributed by atoms with Crippen molar-refractivity contribution >= 4 is 15.9 Å². The zero-order valence-electron chi connectivity index (χ0n) is 17.6. The van der Waals surface area contributed by atoms with Crippen molar-refractivity contribution in [1.29, 1.82) is 0 Å². The van der Waals surface area contributed by atoms with Gasteiger partial charge in [-0.1, -0.05) is 131 Å². The van der Waals surface area contributed by atoms with Gasteiger partial charge in [-0.2, -0.15) is 5.10 Å². The van der Waals surface area contributed by atoms with Crippen LogP contribution in [0.4, 0.5) is 0 Å². The van der Waals surface area contributed by atoms with Crippen LogP contribution in [-0.2, 0) is 10.9 Å². The number of aromatic nitrogens is 2. The highest BCUT2D eigenvalue weighted by Gasteiger charge is 2.39. The van der Waals surface area contributed by atoms with Crippen molar-refractivity contribution in [3.05, 3.63) is 150 Å². The van der Waals surface area contributed by atoms with E-state index < -0.39 is 5.54 Å². The third kappa shape index (κ3) is 3.59. The Morgan fingerprint density at radius 3 is 1.50 bits per heavy atom. The van der Waals surface area contributed by atoms with E-state index in [4.69, 9.17) is 5.10 Å². The molecule has 0 atom stereocenters. The average molecular weight is 479 g/mol. The lowest BCUT2D eigenvalue weighted by Crippen LogP contribution is -2.38. The number of rotatable bonds is 6. The number of hydrogen-bond acceptors (Lipinski definition) is 1. The number of alkyl halides is 1. The van der Waals surface area contributed by atoms with Gasteiger partial charge in [0, 0.05) is 17.1 Å². The molecule has 0 aliphatic rings. The molecule has 1 aromatic heterocycles. The molecule has 2 nitrogen and oxygen atoms in total. The van der Waals surface area contributed by atoms with E-state index in [9.17, 15) is 0 Å². The van der Waals surface area contributed by atoms with Gasteiger partial charge >= 0.3 is 0 Å². The molecule has 0 unspecified atom stereocenters. The Kier molecular flexibility index (Phi) is 5.74. The van der Waals surface area contributed by atoms with E-state index in [0.717, 1.165) is 16.5 Å². The third-order valence-electron chi connectivity index (χ3n) is 5.94. The molecule has 4 aromatic carbocycles. The lowest BCUT2D eigenvalue weighted by molar-refractivity contribution is 0.460. The molecule has 32 heavy (non-hydrogen) atoms. The molecule has 0 bridgehead atoms. The van der Waals surface area contributed by atoms with Gasteiger partial charge in [0.15, 0.2) is 0 Å². The first kappa shape index (κ1) is 20.5. The van der Waals surface area contributed by atoms with Gasteiger partial charge in [0.05, 0.1) is 6.20 Å². The number of hydrogen-bond donors (Lipinski definition) is 0. The van der Waals surface area contributed by atoms with Crippen LogP contribution < -0.4 is 0 Å². The Morgan fingerprint density at radius 1 is 0.594 bits per heavy atom. The maximum Gasteiger partial charge on any atom is 0.138 e. The quantitative estimate of drug-likeness (QED) is 0.185. The van der Waals surface area contributed by atoms with Gasteiger partial charge in [0.2, 0.25) is 0 Å². The van der Waals surface area contributed by atoms with Gasteiger partial charge in [-0.25, -0.2) is 0 Å². The predicted molar refractivity (Wildman–Crippen MR) is 135 cm³/mol. The van der Waals surface area contributed by atoms with Crippen molar-refractivity contribution < 1.29 is 0 Å². The molecule has 0 spiro atoms. The van der Waals surface area contributed by atoms with Crippen molar-refractivity contribution in [2.45, 2.75) is 10.9 Å². The molecule has 0 radical (unpaired) electrons. The molecule has 5 rings (SSSR count). The normalized spacial score (nSPS) is 11.4. The van der Waals surface area contributed by atoms with Crippen LogP contribution in [0.3, 0.4) is 0 Å². The molecule has 0 aliphatic carbocycles. The molecule has 1 heterocycles. The van der Waals surface area contributed by atoms with Crippen LogP contribution in [0.2, 0.25) is 0 Å². The van der Waals surface area contributed by atoms with Gasteiger partial charge in [0.1, 0.15) is 5.54 Å². The maximum absolute atomic E-state index is 4.94. The predicted octanol–water partition coefficient (Wildman–Crippen LogP) is 7.29. The van der Waals surface area contributed by atoms with E-state index >= 15 is 0 Å². The Bertz CT molecular complexity index is 1180. The van der Waals surface area contributed by atoms with Crippen molar-refractivity contribution in [3.8, 4) is 11.1 Å². The second-order valence-electron chi connectivity index (χ2n) is 7.81. The molecular formula is C29H23BrN2. The van der Waals surface area contributed by atoms with Crippen molar-refractivity contribution in [3.63, 3.8) is 0 Å². The fourth-order valence-electron chi connectivity index (χ4n) is 4.38. The summed E-state index contributed by atoms with van der Waals surface area (Å²) in [4.78, 5) is 0. The van der Waals surface area contributed by atoms with E-state index in [-0.39, 0.29) is 0 Å². The van der Waals surface area contributed by atoms with E-state index in [2.05, 4.69) is 142 Å². The summed E-state index contributed by atoms with van der Waals surface area (Å²) in [5.74, 6) is 0. The van der Waals surface area contributed by atoms with E-state index in [1.54, 1.807) is 0 Å². The van der Waals surface area contributed by atoms with Gasteiger partial charge in [-0.3, -0.25) is 4.68 Å². The average Bonchev–Trinajstić information content (AvgIpc) is 3.37. The first-order valence-corrected chi connectivity index (χ1v) is 11.8. The van der Waals surface area contributed by atoms with Crippen LogP contribution in [0.25, 0.3) is 11.1 Å². The summed E-state index contributed by atoms with van der Waals surface area (Å²) in [6.45, 7) is 0. The SMILES string of the molecule is BrCc1ccc(-c2cnn(C(c3ccccc3)(c3ccccc3)c3ccccc3)c2)cc1. The molecule has 0 N–H and O–H groups in total. The molecule has 0 saturated heterocycles. The van der Waals surface area contributed by atoms with Gasteiger partial charge in [0.25, 0.3) is 0 Å². The van der Waals surface area contributed by atoms with Crippen molar-refractivity contribution in [2.75, 3.05) is 0 Å². The molecule has 0 fully saturated rings. The minimum Gasteiger partial charge on any atom is -0.252 e. The Morgan fingerprint density at radius 2 is 1.06 bits per heavy atom. The Hall–Kier alpha value is -3.43. The highest BCUT2D eigenvalue weighted by molar-refractivity contribution is 9.08. The van der Waals surface area contributed by atoms with Crippen LogP contribution in [0.5, 0.6) is 0 Å². The highest BCUT2D eigenvalue weighted by atomic mass is 79.9. The summed E-state index contributed by atoms with van der Waals surface area (Å²) >= 11 is 3.53. The summed E-state index contributed by atoms with van der Waals surface area (Å²) in [5, 5.41) is 5.80. The molecule has 0 saturated carbocycles. The fraction of sp³-hybridized carbons (Fsp3) is 0.0690. The van der Waals surface area contributed by atoms with E-state index in [0.29, 0.717) is 0 Å². The second kappa shape index (κ2) is 8.97. The zero-order chi connectivity index (χ0) is 21.8. The highest BCUT2D eigenvalue weighted by Crippen LogP contribution is 2.41. The first-order valence-electron chi connectivity index (χ1n) is 10.7. The Labute approximate surface area is 197 Å². The van der Waals surface area contributed by atoms with Crippen molar-refractivity contribution in [1.82, 2.24) is 9.78 Å². The second-order valence-corrected chi connectivity index (χ2v) is 8.37. The molecule has 5 aromatic rings. The van der Waals surface area contributed by atoms with Gasteiger partial charge < -0.3 is 0 Å². The van der Waals surface area contributed by atoms with Crippen LogP contribution in [0.15, 0.2) is 128 Å². The van der Waals surface area contributed by atoms with Crippen LogP contribution in [-0.4, -0.2) is 9.78 Å². The first-order chi connectivity index (χ1) is 15.8. The summed E-state index contributed by atoms with van der Waals surface area (Å²) in [6.07, 6.45) is 4.13. The van der Waals surface area contributed by atoms with Crippen LogP contribution >= 0.6 is 15.9 Å². The number of nitrogens with zero attached hydrogens (tertiary/aromatic N) is 2. The minimum absolute atomic E-state index is 0.585. The van der Waals surface area contributed by atoms with Gasteiger partial charge in [-0.05, 0) is 27.8 Å². The van der Waals surface area contributed by atoms with Crippen LogP contribution in [0, 0.1) is 0 Å². The Balaban J connectivity index is 1.76. The van der Waals surface area contributed by atoms with E-state index in [1.807, 2.05) is 6.20 Å². The standard InChI is InChI=1S/C29H23BrN2/c30-20-23-16-18-24(19-17-23)25-21-31-32(22-25)29(26-10-4-1-5-11-26,27-12-6-2-7-13-27)28-14-8-3-9-15-28/h1-19,21-22H,20H2. The van der Waals surface area contributed by atoms with Crippen molar-refractivity contribution in [2.24, 2.45) is 0 Å². The molecular weight excluding hydrogens is 456 g/mol. The van der Waals surface area contributed by atoms with E-state index in [1.165, 1.54) is 22.3 Å². The molecule has 0 aliphatic heterocycles. The lowest BCUT2D eigenvalue weighted by Gasteiger charge is -2.36. The fourth-order valence-corrected chi connectivity index (χ4v) is 4.75. The lowest BCUT2D eigenvalue weighted by atomic mass is 9.77. The number of halogens is 1. The summed E-state index contributed by atoms with van der Waals surface area (Å²) in [5.41, 5.74) is 6.43. The number of benzene rings is 4. The summed E-state index contributed by atoms with van der Waals surface area (Å²) in [6, 6.07) is 40.5. The topological polar surface area (TPSA) is 17.8 Å². The largest absolute Gasteiger partial charge is 0.252 e. The monoisotopic (exact) mass is 478 g/mol. The maximum atomic E-state index is 4.94. The minimum atomic E-state index is -0.585. The smallest absolute Gasteiger partial charge is 0.138 e. The van der Waals surface area contributed by atoms with Crippen LogP contribution in [0.1, 0.15) is 22.3 Å². The third-order valence-corrected chi connectivity index (χ3v) is 6.59. The zero-order valence-corrected chi connectivity index (χ0v) is 19.2. The summed E-state index contributed by atoms with van der Waals surface area (Å²) < 4.78 is 2.11.